The molecule has 5 nitrogen and oxygen atoms in total. The van der Waals surface area contributed by atoms with Crippen LogP contribution in [0.25, 0.3) is 0 Å². The number of benzene rings is 1. The number of likely N-dealkylation sites (N-methyl/N-ethyl adjacent to an activating group) is 1. The van der Waals surface area contributed by atoms with Crippen LogP contribution in [0.5, 0.6) is 0 Å². The third-order valence-corrected chi connectivity index (χ3v) is 5.00. The maximum Gasteiger partial charge on any atom is 0.410 e. The summed E-state index contributed by atoms with van der Waals surface area (Å²) in [5.74, 6) is 0.371. The zero-order valence-corrected chi connectivity index (χ0v) is 12.8. The van der Waals surface area contributed by atoms with Gasteiger partial charge in [-0.05, 0) is 24.2 Å². The van der Waals surface area contributed by atoms with Gasteiger partial charge >= 0.3 is 12.1 Å². The minimum Gasteiger partial charge on any atom is -0.479 e. The van der Waals surface area contributed by atoms with Crippen LogP contribution >= 0.6 is 11.8 Å². The Bertz CT molecular complexity index is 500. The van der Waals surface area contributed by atoms with Crippen molar-refractivity contribution in [2.24, 2.45) is 0 Å². The van der Waals surface area contributed by atoms with Crippen molar-refractivity contribution >= 4 is 23.8 Å². The lowest BCUT2D eigenvalue weighted by molar-refractivity contribution is -0.149. The van der Waals surface area contributed by atoms with Crippen molar-refractivity contribution in [3.8, 4) is 0 Å². The summed E-state index contributed by atoms with van der Waals surface area (Å²) in [5, 5.41) is 9.53. The van der Waals surface area contributed by atoms with E-state index in [2.05, 4.69) is 0 Å². The number of rotatable bonds is 4. The molecule has 0 aromatic heterocycles. The largest absolute Gasteiger partial charge is 0.479 e. The van der Waals surface area contributed by atoms with Crippen LogP contribution in [-0.4, -0.2) is 46.2 Å². The highest BCUT2D eigenvalue weighted by atomic mass is 32.2. The molecule has 1 amide bonds. The summed E-state index contributed by atoms with van der Waals surface area (Å²) in [4.78, 5) is 25.0. The lowest BCUT2D eigenvalue weighted by atomic mass is 9.94. The van der Waals surface area contributed by atoms with Gasteiger partial charge in [-0.1, -0.05) is 30.3 Å². The highest BCUT2D eigenvalue weighted by Crippen LogP contribution is 2.32. The third kappa shape index (κ3) is 3.50. The van der Waals surface area contributed by atoms with Gasteiger partial charge in [0.05, 0.1) is 0 Å². The molecule has 1 N–H and O–H groups in total. The second-order valence-corrected chi connectivity index (χ2v) is 6.20. The molecular formula is C15H19NO4S. The van der Waals surface area contributed by atoms with E-state index in [1.165, 1.54) is 11.9 Å². The molecule has 0 bridgehead atoms. The predicted molar refractivity (Wildman–Crippen MR) is 81.3 cm³/mol. The monoisotopic (exact) mass is 309 g/mol. The van der Waals surface area contributed by atoms with Crippen molar-refractivity contribution in [2.75, 3.05) is 18.6 Å². The summed E-state index contributed by atoms with van der Waals surface area (Å²) in [6.45, 7) is 0.146. The Morgan fingerprint density at radius 3 is 2.67 bits per heavy atom. The zero-order chi connectivity index (χ0) is 15.3. The first-order chi connectivity index (χ1) is 10.1. The topological polar surface area (TPSA) is 66.8 Å². The highest BCUT2D eigenvalue weighted by Gasteiger charge is 2.46. The Morgan fingerprint density at radius 2 is 2.10 bits per heavy atom. The normalized spacial score (nSPS) is 21.6. The maximum atomic E-state index is 12.2. The number of amides is 1. The molecule has 1 aliphatic rings. The van der Waals surface area contributed by atoms with Gasteiger partial charge in [-0.2, -0.15) is 11.8 Å². The molecule has 6 heteroatoms. The number of hydrogen-bond donors (Lipinski definition) is 1. The van der Waals surface area contributed by atoms with E-state index in [-0.39, 0.29) is 6.61 Å². The van der Waals surface area contributed by atoms with Crippen LogP contribution in [0.3, 0.4) is 0 Å². The number of nitrogens with zero attached hydrogens (tertiary/aromatic N) is 1. The Balaban J connectivity index is 2.01. The summed E-state index contributed by atoms with van der Waals surface area (Å²) >= 11 is 1.56. The summed E-state index contributed by atoms with van der Waals surface area (Å²) in [6, 6.07) is 9.33. The molecule has 21 heavy (non-hydrogen) atoms. The summed E-state index contributed by atoms with van der Waals surface area (Å²) < 4.78 is 5.23. The first kappa shape index (κ1) is 15.7. The summed E-state index contributed by atoms with van der Waals surface area (Å²) in [7, 11) is 1.51. The standard InChI is InChI=1S/C15H19NO4S/c1-16(15(13(17)18)8-5-9-21-11-15)14(19)20-10-12-6-3-2-4-7-12/h2-4,6-7H,5,8-11H2,1H3,(H,17,18). The molecule has 2 rings (SSSR count). The van der Waals surface area contributed by atoms with E-state index in [1.54, 1.807) is 11.8 Å². The molecule has 1 aromatic carbocycles. The highest BCUT2D eigenvalue weighted by molar-refractivity contribution is 7.99. The van der Waals surface area contributed by atoms with Crippen molar-refractivity contribution < 1.29 is 19.4 Å². The lowest BCUT2D eigenvalue weighted by Crippen LogP contribution is -2.58. The quantitative estimate of drug-likeness (QED) is 0.926. The molecule has 1 aliphatic heterocycles. The van der Waals surface area contributed by atoms with E-state index >= 15 is 0 Å². The number of carboxylic acids is 1. The fourth-order valence-corrected chi connectivity index (χ4v) is 3.64. The molecule has 1 atom stereocenters. The van der Waals surface area contributed by atoms with Crippen molar-refractivity contribution in [3.63, 3.8) is 0 Å². The number of aliphatic carboxylic acids is 1. The van der Waals surface area contributed by atoms with Gasteiger partial charge in [0, 0.05) is 12.8 Å². The molecule has 1 aromatic rings. The Morgan fingerprint density at radius 1 is 1.38 bits per heavy atom. The Labute approximate surface area is 128 Å². The fraction of sp³-hybridized carbons (Fsp3) is 0.467. The van der Waals surface area contributed by atoms with Gasteiger partial charge in [-0.3, -0.25) is 4.90 Å². The lowest BCUT2D eigenvalue weighted by Gasteiger charge is -2.39. The van der Waals surface area contributed by atoms with E-state index in [1.807, 2.05) is 30.3 Å². The molecule has 1 saturated heterocycles. The van der Waals surface area contributed by atoms with E-state index in [9.17, 15) is 14.7 Å². The summed E-state index contributed by atoms with van der Waals surface area (Å²) in [5.41, 5.74) is -0.280. The molecule has 1 heterocycles. The first-order valence-electron chi connectivity index (χ1n) is 6.82. The Kier molecular flexibility index (Phi) is 5.12. The molecule has 0 saturated carbocycles. The minimum atomic E-state index is -1.16. The van der Waals surface area contributed by atoms with Gasteiger partial charge in [-0.15, -0.1) is 0 Å². The van der Waals surface area contributed by atoms with Gasteiger partial charge in [0.1, 0.15) is 6.61 Å². The second kappa shape index (κ2) is 6.85. The van der Waals surface area contributed by atoms with Crippen LogP contribution in [0.2, 0.25) is 0 Å². The number of carbonyl (C=O) groups excluding carboxylic acids is 1. The van der Waals surface area contributed by atoms with Gasteiger partial charge in [0.15, 0.2) is 5.54 Å². The van der Waals surface area contributed by atoms with Crippen LogP contribution in [-0.2, 0) is 16.1 Å². The van der Waals surface area contributed by atoms with Crippen LogP contribution < -0.4 is 0 Å². The van der Waals surface area contributed by atoms with Crippen LogP contribution in [0.1, 0.15) is 18.4 Å². The number of ether oxygens (including phenoxy) is 1. The van der Waals surface area contributed by atoms with E-state index in [0.717, 1.165) is 17.7 Å². The molecule has 0 aliphatic carbocycles. The van der Waals surface area contributed by atoms with E-state index in [4.69, 9.17) is 4.74 Å². The molecule has 0 spiro atoms. The van der Waals surface area contributed by atoms with Crippen molar-refractivity contribution in [2.45, 2.75) is 25.0 Å². The molecule has 1 unspecified atom stereocenters. The molecule has 0 radical (unpaired) electrons. The van der Waals surface area contributed by atoms with Crippen molar-refractivity contribution in [3.05, 3.63) is 35.9 Å². The van der Waals surface area contributed by atoms with Crippen LogP contribution in [0.4, 0.5) is 4.79 Å². The predicted octanol–water partition coefficient (Wildman–Crippen LogP) is 2.61. The molecular weight excluding hydrogens is 290 g/mol. The SMILES string of the molecule is CN(C(=O)OCc1ccccc1)C1(C(=O)O)CCCSC1. The number of thioether (sulfide) groups is 1. The van der Waals surface area contributed by atoms with Crippen molar-refractivity contribution in [1.29, 1.82) is 0 Å². The van der Waals surface area contributed by atoms with E-state index in [0.29, 0.717) is 12.2 Å². The number of carbonyl (C=O) groups is 2. The van der Waals surface area contributed by atoms with Crippen LogP contribution in [0, 0.1) is 0 Å². The average Bonchev–Trinajstić information content (AvgIpc) is 2.53. The number of carboxylic acid groups (broad SMARTS) is 1. The molecule has 114 valence electrons. The van der Waals surface area contributed by atoms with Gasteiger partial charge in [-0.25, -0.2) is 9.59 Å². The van der Waals surface area contributed by atoms with Gasteiger partial charge in [0.25, 0.3) is 0 Å². The minimum absolute atomic E-state index is 0.146. The van der Waals surface area contributed by atoms with Crippen molar-refractivity contribution in [1.82, 2.24) is 4.90 Å². The van der Waals surface area contributed by atoms with E-state index < -0.39 is 17.6 Å². The summed E-state index contributed by atoms with van der Waals surface area (Å²) in [6.07, 6.45) is 0.656. The fourth-order valence-electron chi connectivity index (χ4n) is 2.35. The van der Waals surface area contributed by atoms with Crippen LogP contribution in [0.15, 0.2) is 30.3 Å². The molecule has 1 fully saturated rings. The van der Waals surface area contributed by atoms with Gasteiger partial charge < -0.3 is 9.84 Å². The third-order valence-electron chi connectivity index (χ3n) is 3.74. The van der Waals surface area contributed by atoms with Gasteiger partial charge in [0.2, 0.25) is 0 Å². The number of hydrogen-bond acceptors (Lipinski definition) is 4. The Hall–Kier alpha value is -1.69. The second-order valence-electron chi connectivity index (χ2n) is 5.09. The average molecular weight is 309 g/mol. The maximum absolute atomic E-state index is 12.2. The zero-order valence-electron chi connectivity index (χ0n) is 11.9. The first-order valence-corrected chi connectivity index (χ1v) is 7.97. The smallest absolute Gasteiger partial charge is 0.410 e.